The number of aromatic amines is 1. The van der Waals surface area contributed by atoms with E-state index < -0.39 is 0 Å². The number of carbonyl (C=O) groups excluding carboxylic acids is 2. The molecule has 2 unspecified atom stereocenters. The van der Waals surface area contributed by atoms with Crippen LogP contribution in [0.3, 0.4) is 0 Å². The smallest absolute Gasteiger partial charge is 0.337 e. The van der Waals surface area contributed by atoms with Gasteiger partial charge in [-0.1, -0.05) is 25.5 Å². The molecule has 2 heterocycles. The third kappa shape index (κ3) is 4.47. The molecular weight excluding hydrogens is 416 g/mol. The number of methoxy groups -OCH3 is 2. The molecule has 1 aliphatic heterocycles. The lowest BCUT2D eigenvalue weighted by molar-refractivity contribution is -0.129. The number of likely N-dealkylation sites (tertiary alicyclic amines) is 1. The number of aromatic nitrogens is 1. The van der Waals surface area contributed by atoms with Crippen LogP contribution in [0.5, 0.6) is 5.75 Å². The summed E-state index contributed by atoms with van der Waals surface area (Å²) in [4.78, 5) is 29.7. The van der Waals surface area contributed by atoms with Gasteiger partial charge in [-0.3, -0.25) is 4.79 Å². The number of nitrogens with zero attached hydrogens (tertiary/aromatic N) is 1. The third-order valence-electron chi connectivity index (χ3n) is 6.78. The number of amides is 1. The standard InChI is InChI=1S/C27H32N2O4/c1-5-6-20(21-9-8-19(27(31)33-4)15-25(21)32-3)23-16-28-24-10-7-17(14-22(23)24)13-18-11-12-29(2)26(18)30/h7-10,14-16,18,20,28H,5-6,11-13H2,1-4H3. The zero-order valence-corrected chi connectivity index (χ0v) is 19.8. The maximum atomic E-state index is 12.4. The van der Waals surface area contributed by atoms with Crippen LogP contribution in [-0.4, -0.2) is 49.6 Å². The lowest BCUT2D eigenvalue weighted by Gasteiger charge is -2.20. The van der Waals surface area contributed by atoms with Crippen LogP contribution < -0.4 is 4.74 Å². The van der Waals surface area contributed by atoms with Crippen molar-refractivity contribution < 1.29 is 19.1 Å². The normalized spacial score (nSPS) is 16.9. The van der Waals surface area contributed by atoms with Crippen molar-refractivity contribution in [1.82, 2.24) is 9.88 Å². The highest BCUT2D eigenvalue weighted by atomic mass is 16.5. The van der Waals surface area contributed by atoms with Crippen molar-refractivity contribution in [3.8, 4) is 5.75 Å². The van der Waals surface area contributed by atoms with Crippen LogP contribution >= 0.6 is 0 Å². The molecule has 1 saturated heterocycles. The molecule has 3 aromatic rings. The lowest BCUT2D eigenvalue weighted by Crippen LogP contribution is -2.23. The van der Waals surface area contributed by atoms with Crippen LogP contribution in [0.4, 0.5) is 0 Å². The molecule has 174 valence electrons. The number of ether oxygens (including phenoxy) is 2. The molecule has 2 atom stereocenters. The van der Waals surface area contributed by atoms with Crippen molar-refractivity contribution in [2.75, 3.05) is 27.8 Å². The molecular formula is C27H32N2O4. The Morgan fingerprint density at radius 3 is 2.67 bits per heavy atom. The van der Waals surface area contributed by atoms with Gasteiger partial charge >= 0.3 is 5.97 Å². The number of carbonyl (C=O) groups is 2. The summed E-state index contributed by atoms with van der Waals surface area (Å²) >= 11 is 0. The quantitative estimate of drug-likeness (QED) is 0.497. The van der Waals surface area contributed by atoms with Crippen LogP contribution in [0.1, 0.15) is 59.2 Å². The number of benzene rings is 2. The van der Waals surface area contributed by atoms with E-state index in [4.69, 9.17) is 9.47 Å². The minimum absolute atomic E-state index is 0.0623. The Morgan fingerprint density at radius 2 is 2.00 bits per heavy atom. The van der Waals surface area contributed by atoms with E-state index in [1.54, 1.807) is 19.2 Å². The number of hydrogen-bond acceptors (Lipinski definition) is 4. The number of hydrogen-bond donors (Lipinski definition) is 1. The summed E-state index contributed by atoms with van der Waals surface area (Å²) < 4.78 is 10.6. The number of fused-ring (bicyclic) bond motifs is 1. The Morgan fingerprint density at radius 1 is 1.18 bits per heavy atom. The fraction of sp³-hybridized carbons (Fsp3) is 0.407. The Hall–Kier alpha value is -3.28. The van der Waals surface area contributed by atoms with Crippen molar-refractivity contribution in [2.24, 2.45) is 5.92 Å². The minimum Gasteiger partial charge on any atom is -0.496 e. The second-order valence-electron chi connectivity index (χ2n) is 8.86. The highest BCUT2D eigenvalue weighted by Gasteiger charge is 2.29. The molecule has 1 aliphatic rings. The van der Waals surface area contributed by atoms with E-state index in [2.05, 4.69) is 36.3 Å². The first-order chi connectivity index (χ1) is 16.0. The summed E-state index contributed by atoms with van der Waals surface area (Å²) in [5, 5.41) is 1.17. The maximum Gasteiger partial charge on any atom is 0.337 e. The molecule has 6 heteroatoms. The van der Waals surface area contributed by atoms with Gasteiger partial charge in [-0.25, -0.2) is 4.79 Å². The van der Waals surface area contributed by atoms with Crippen LogP contribution in [0, 0.1) is 5.92 Å². The van der Waals surface area contributed by atoms with Gasteiger partial charge in [-0.2, -0.15) is 0 Å². The molecule has 33 heavy (non-hydrogen) atoms. The summed E-state index contributed by atoms with van der Waals surface area (Å²) in [6, 6.07) is 12.0. The van der Waals surface area contributed by atoms with Crippen molar-refractivity contribution in [1.29, 1.82) is 0 Å². The summed E-state index contributed by atoms with van der Waals surface area (Å²) in [5.41, 5.74) is 4.98. The van der Waals surface area contributed by atoms with E-state index in [9.17, 15) is 9.59 Å². The third-order valence-corrected chi connectivity index (χ3v) is 6.78. The van der Waals surface area contributed by atoms with Crippen LogP contribution in [0.2, 0.25) is 0 Å². The average molecular weight is 449 g/mol. The van der Waals surface area contributed by atoms with E-state index >= 15 is 0 Å². The zero-order chi connectivity index (χ0) is 23.5. The predicted molar refractivity (Wildman–Crippen MR) is 129 cm³/mol. The highest BCUT2D eigenvalue weighted by Crippen LogP contribution is 2.39. The van der Waals surface area contributed by atoms with Gasteiger partial charge in [0.15, 0.2) is 0 Å². The summed E-state index contributed by atoms with van der Waals surface area (Å²) in [6.07, 6.45) is 5.70. The molecule has 0 spiro atoms. The van der Waals surface area contributed by atoms with Gasteiger partial charge < -0.3 is 19.4 Å². The largest absolute Gasteiger partial charge is 0.496 e. The molecule has 1 aromatic heterocycles. The van der Waals surface area contributed by atoms with Gasteiger partial charge in [-0.05, 0) is 54.7 Å². The Labute approximate surface area is 194 Å². The van der Waals surface area contributed by atoms with E-state index in [0.717, 1.165) is 43.3 Å². The fourth-order valence-electron chi connectivity index (χ4n) is 4.98. The lowest BCUT2D eigenvalue weighted by atomic mass is 9.85. The predicted octanol–water partition coefficient (Wildman–Crippen LogP) is 4.92. The summed E-state index contributed by atoms with van der Waals surface area (Å²) in [6.45, 7) is 3.01. The Bertz CT molecular complexity index is 1170. The SMILES string of the molecule is CCCC(c1ccc(C(=O)OC)cc1OC)c1c[nH]c2ccc(CC3CCN(C)C3=O)cc12. The van der Waals surface area contributed by atoms with Gasteiger partial charge in [0.25, 0.3) is 0 Å². The van der Waals surface area contributed by atoms with Crippen LogP contribution in [-0.2, 0) is 16.0 Å². The first kappa shape index (κ1) is 22.9. The fourth-order valence-corrected chi connectivity index (χ4v) is 4.98. The van der Waals surface area contributed by atoms with Crippen molar-refractivity contribution in [2.45, 2.75) is 38.5 Å². The first-order valence-electron chi connectivity index (χ1n) is 11.6. The Kier molecular flexibility index (Phi) is 6.72. The van der Waals surface area contributed by atoms with E-state index in [1.807, 2.05) is 18.0 Å². The average Bonchev–Trinajstić information content (AvgIpc) is 3.39. The molecule has 0 saturated carbocycles. The molecule has 2 aromatic carbocycles. The van der Waals surface area contributed by atoms with E-state index in [1.165, 1.54) is 23.6 Å². The van der Waals surface area contributed by atoms with Gasteiger partial charge in [0.1, 0.15) is 5.75 Å². The molecule has 1 N–H and O–H groups in total. The van der Waals surface area contributed by atoms with Crippen LogP contribution in [0.25, 0.3) is 10.9 Å². The van der Waals surface area contributed by atoms with Gasteiger partial charge in [0.05, 0.1) is 19.8 Å². The minimum atomic E-state index is -0.379. The van der Waals surface area contributed by atoms with Crippen molar-refractivity contribution >= 4 is 22.8 Å². The monoisotopic (exact) mass is 448 g/mol. The van der Waals surface area contributed by atoms with Gasteiger partial charge in [0.2, 0.25) is 5.91 Å². The molecule has 6 nitrogen and oxygen atoms in total. The summed E-state index contributed by atoms with van der Waals surface area (Å²) in [5.74, 6) is 0.716. The topological polar surface area (TPSA) is 71.6 Å². The molecule has 0 aliphatic carbocycles. The van der Waals surface area contributed by atoms with Crippen molar-refractivity contribution in [3.63, 3.8) is 0 Å². The Balaban J connectivity index is 1.72. The molecule has 0 bridgehead atoms. The molecule has 4 rings (SSSR count). The number of rotatable bonds is 8. The van der Waals surface area contributed by atoms with E-state index in [-0.39, 0.29) is 23.7 Å². The van der Waals surface area contributed by atoms with Gasteiger partial charge in [0, 0.05) is 48.1 Å². The highest BCUT2D eigenvalue weighted by molar-refractivity contribution is 5.90. The van der Waals surface area contributed by atoms with Crippen LogP contribution in [0.15, 0.2) is 42.6 Å². The first-order valence-corrected chi connectivity index (χ1v) is 11.6. The molecule has 1 fully saturated rings. The van der Waals surface area contributed by atoms with Gasteiger partial charge in [-0.15, -0.1) is 0 Å². The second-order valence-corrected chi connectivity index (χ2v) is 8.86. The maximum absolute atomic E-state index is 12.4. The summed E-state index contributed by atoms with van der Waals surface area (Å²) in [7, 11) is 4.89. The molecule has 0 radical (unpaired) electrons. The number of esters is 1. The molecule has 1 amide bonds. The van der Waals surface area contributed by atoms with Crippen molar-refractivity contribution in [3.05, 3.63) is 64.8 Å². The number of H-pyrrole nitrogens is 1. The number of nitrogens with one attached hydrogen (secondary N) is 1. The van der Waals surface area contributed by atoms with E-state index in [0.29, 0.717) is 11.3 Å². The zero-order valence-electron chi connectivity index (χ0n) is 19.8. The second kappa shape index (κ2) is 9.69.